The summed E-state index contributed by atoms with van der Waals surface area (Å²) in [5.74, 6) is 1.14. The van der Waals surface area contributed by atoms with Crippen LogP contribution in [0.2, 0.25) is 0 Å². The van der Waals surface area contributed by atoms with Gasteiger partial charge in [0.15, 0.2) is 0 Å². The predicted molar refractivity (Wildman–Crippen MR) is 93.0 cm³/mol. The van der Waals surface area contributed by atoms with E-state index >= 15 is 0 Å². The fourth-order valence-corrected chi connectivity index (χ4v) is 3.24. The van der Waals surface area contributed by atoms with Gasteiger partial charge in [-0.05, 0) is 24.0 Å². The summed E-state index contributed by atoms with van der Waals surface area (Å²) in [6.07, 6.45) is 0. The molecule has 21 heavy (non-hydrogen) atoms. The monoisotopic (exact) mass is 307 g/mol. The first kappa shape index (κ1) is 18.1. The lowest BCUT2D eigenvalue weighted by molar-refractivity contribution is 0.0711. The van der Waals surface area contributed by atoms with Crippen LogP contribution in [0, 0.1) is 11.8 Å². The van der Waals surface area contributed by atoms with E-state index in [0.717, 1.165) is 23.5 Å². The third kappa shape index (κ3) is 6.13. The molecule has 2 nitrogen and oxygen atoms in total. The largest absolute Gasteiger partial charge is 0.338 e. The molecular formula is C18H29NOS. The third-order valence-corrected chi connectivity index (χ3v) is 4.02. The minimum Gasteiger partial charge on any atom is -0.338 e. The highest BCUT2D eigenvalue weighted by atomic mass is 32.2. The minimum absolute atomic E-state index is 0.168. The zero-order valence-electron chi connectivity index (χ0n) is 14.2. The highest BCUT2D eigenvalue weighted by molar-refractivity contribution is 8.00. The molecule has 0 radical (unpaired) electrons. The van der Waals surface area contributed by atoms with Crippen molar-refractivity contribution in [1.29, 1.82) is 0 Å². The number of thioether (sulfide) groups is 1. The summed E-state index contributed by atoms with van der Waals surface area (Å²) in [7, 11) is 0. The summed E-state index contributed by atoms with van der Waals surface area (Å²) in [6.45, 7) is 14.6. The van der Waals surface area contributed by atoms with Crippen LogP contribution < -0.4 is 0 Å². The molecule has 0 aliphatic heterocycles. The molecule has 0 aromatic heterocycles. The van der Waals surface area contributed by atoms with Crippen LogP contribution in [0.15, 0.2) is 29.2 Å². The SMILES string of the molecule is CC(C)CN(CC(C)C)C(=O)c1ccccc1SC(C)C. The zero-order valence-corrected chi connectivity index (χ0v) is 15.0. The Morgan fingerprint density at radius 3 is 2.00 bits per heavy atom. The van der Waals surface area contributed by atoms with Crippen LogP contribution in [0.5, 0.6) is 0 Å². The van der Waals surface area contributed by atoms with E-state index in [9.17, 15) is 4.79 Å². The molecule has 0 aliphatic rings. The third-order valence-electron chi connectivity index (χ3n) is 2.94. The summed E-state index contributed by atoms with van der Waals surface area (Å²) >= 11 is 1.76. The van der Waals surface area contributed by atoms with E-state index in [1.54, 1.807) is 11.8 Å². The molecule has 0 saturated carbocycles. The van der Waals surface area contributed by atoms with Crippen molar-refractivity contribution in [3.63, 3.8) is 0 Å². The topological polar surface area (TPSA) is 20.3 Å². The lowest BCUT2D eigenvalue weighted by Gasteiger charge is -2.27. The molecule has 0 fully saturated rings. The van der Waals surface area contributed by atoms with Gasteiger partial charge in [0.05, 0.1) is 5.56 Å². The Bertz CT molecular complexity index is 444. The lowest BCUT2D eigenvalue weighted by atomic mass is 10.1. The van der Waals surface area contributed by atoms with E-state index in [-0.39, 0.29) is 5.91 Å². The van der Waals surface area contributed by atoms with Gasteiger partial charge in [-0.15, -0.1) is 11.8 Å². The number of rotatable bonds is 7. The molecule has 0 bridgehead atoms. The number of carbonyl (C=O) groups excluding carboxylic acids is 1. The fourth-order valence-electron chi connectivity index (χ4n) is 2.29. The molecule has 118 valence electrons. The van der Waals surface area contributed by atoms with Crippen molar-refractivity contribution in [2.45, 2.75) is 51.7 Å². The Morgan fingerprint density at radius 1 is 1.00 bits per heavy atom. The summed E-state index contributed by atoms with van der Waals surface area (Å²) in [6, 6.07) is 7.98. The first-order valence-corrected chi connectivity index (χ1v) is 8.74. The Hall–Kier alpha value is -0.960. The van der Waals surface area contributed by atoms with Gasteiger partial charge < -0.3 is 4.90 Å². The average Bonchev–Trinajstić information content (AvgIpc) is 2.36. The highest BCUT2D eigenvalue weighted by Crippen LogP contribution is 2.27. The molecule has 0 spiro atoms. The van der Waals surface area contributed by atoms with Crippen LogP contribution in [0.1, 0.15) is 51.9 Å². The van der Waals surface area contributed by atoms with Gasteiger partial charge in [-0.2, -0.15) is 0 Å². The van der Waals surface area contributed by atoms with Gasteiger partial charge in [-0.1, -0.05) is 53.7 Å². The summed E-state index contributed by atoms with van der Waals surface area (Å²) in [5, 5.41) is 0.475. The van der Waals surface area contributed by atoms with Crippen molar-refractivity contribution in [3.8, 4) is 0 Å². The lowest BCUT2D eigenvalue weighted by Crippen LogP contribution is -2.37. The summed E-state index contributed by atoms with van der Waals surface area (Å²) < 4.78 is 0. The normalized spacial score (nSPS) is 11.5. The molecule has 1 rings (SSSR count). The molecule has 0 N–H and O–H groups in total. The van der Waals surface area contributed by atoms with Gasteiger partial charge in [0.1, 0.15) is 0 Å². The number of benzene rings is 1. The van der Waals surface area contributed by atoms with Gasteiger partial charge in [-0.3, -0.25) is 4.79 Å². The van der Waals surface area contributed by atoms with E-state index in [4.69, 9.17) is 0 Å². The van der Waals surface area contributed by atoms with Crippen molar-refractivity contribution in [3.05, 3.63) is 29.8 Å². The molecule has 3 heteroatoms. The Labute approximate surface area is 134 Å². The van der Waals surface area contributed by atoms with Crippen molar-refractivity contribution in [1.82, 2.24) is 4.90 Å². The maximum absolute atomic E-state index is 12.9. The first-order valence-electron chi connectivity index (χ1n) is 7.86. The van der Waals surface area contributed by atoms with E-state index in [1.807, 2.05) is 23.1 Å². The molecular weight excluding hydrogens is 278 g/mol. The van der Waals surface area contributed by atoms with Crippen molar-refractivity contribution < 1.29 is 4.79 Å². The average molecular weight is 308 g/mol. The van der Waals surface area contributed by atoms with Gasteiger partial charge in [0, 0.05) is 23.2 Å². The molecule has 1 aromatic rings. The summed E-state index contributed by atoms with van der Waals surface area (Å²) in [4.78, 5) is 16.0. The molecule has 0 saturated heterocycles. The Kier molecular flexibility index (Phi) is 7.30. The maximum Gasteiger partial charge on any atom is 0.255 e. The number of nitrogens with zero attached hydrogens (tertiary/aromatic N) is 1. The number of hydrogen-bond donors (Lipinski definition) is 0. The van der Waals surface area contributed by atoms with Crippen LogP contribution in [0.4, 0.5) is 0 Å². The maximum atomic E-state index is 12.9. The highest BCUT2D eigenvalue weighted by Gasteiger charge is 2.20. The second-order valence-corrected chi connectivity index (χ2v) is 8.28. The van der Waals surface area contributed by atoms with Gasteiger partial charge in [0.25, 0.3) is 5.91 Å². The Balaban J connectivity index is 3.02. The molecule has 0 unspecified atom stereocenters. The second-order valence-electron chi connectivity index (χ2n) is 6.66. The van der Waals surface area contributed by atoms with Crippen LogP contribution in [-0.2, 0) is 0 Å². The van der Waals surface area contributed by atoms with Gasteiger partial charge in [0.2, 0.25) is 0 Å². The standard InChI is InChI=1S/C18H29NOS/c1-13(2)11-19(12-14(3)4)18(20)16-9-7-8-10-17(16)21-15(5)6/h7-10,13-15H,11-12H2,1-6H3. The molecule has 0 aliphatic carbocycles. The van der Waals surface area contributed by atoms with Crippen LogP contribution in [0.3, 0.4) is 0 Å². The summed E-state index contributed by atoms with van der Waals surface area (Å²) in [5.41, 5.74) is 0.845. The van der Waals surface area contributed by atoms with E-state index in [1.165, 1.54) is 0 Å². The number of amides is 1. The van der Waals surface area contributed by atoms with E-state index in [0.29, 0.717) is 17.1 Å². The minimum atomic E-state index is 0.168. The zero-order chi connectivity index (χ0) is 16.0. The van der Waals surface area contributed by atoms with E-state index in [2.05, 4.69) is 47.6 Å². The fraction of sp³-hybridized carbons (Fsp3) is 0.611. The molecule has 0 atom stereocenters. The first-order chi connectivity index (χ1) is 9.81. The molecule has 1 amide bonds. The second kappa shape index (κ2) is 8.47. The predicted octanol–water partition coefficient (Wildman–Crippen LogP) is 4.94. The van der Waals surface area contributed by atoms with Crippen LogP contribution in [-0.4, -0.2) is 29.1 Å². The molecule has 0 heterocycles. The van der Waals surface area contributed by atoms with Crippen LogP contribution in [0.25, 0.3) is 0 Å². The van der Waals surface area contributed by atoms with E-state index < -0.39 is 0 Å². The Morgan fingerprint density at radius 2 is 1.52 bits per heavy atom. The smallest absolute Gasteiger partial charge is 0.255 e. The van der Waals surface area contributed by atoms with Crippen molar-refractivity contribution in [2.75, 3.05) is 13.1 Å². The van der Waals surface area contributed by atoms with Gasteiger partial charge in [-0.25, -0.2) is 0 Å². The van der Waals surface area contributed by atoms with Gasteiger partial charge >= 0.3 is 0 Å². The van der Waals surface area contributed by atoms with Crippen LogP contribution >= 0.6 is 11.8 Å². The number of hydrogen-bond acceptors (Lipinski definition) is 2. The number of carbonyl (C=O) groups is 1. The van der Waals surface area contributed by atoms with Crippen molar-refractivity contribution >= 4 is 17.7 Å². The quantitative estimate of drug-likeness (QED) is 0.665. The molecule has 1 aromatic carbocycles. The van der Waals surface area contributed by atoms with Crippen molar-refractivity contribution in [2.24, 2.45) is 11.8 Å².